The van der Waals surface area contributed by atoms with E-state index in [1.165, 1.54) is 0 Å². The van der Waals surface area contributed by atoms with Gasteiger partial charge in [-0.15, -0.1) is 0 Å². The average Bonchev–Trinajstić information content (AvgIpc) is 2.67. The molecule has 4 nitrogen and oxygen atoms in total. The van der Waals surface area contributed by atoms with E-state index in [-0.39, 0.29) is 0 Å². The zero-order chi connectivity index (χ0) is 17.2. The van der Waals surface area contributed by atoms with Gasteiger partial charge in [0.1, 0.15) is 11.4 Å². The summed E-state index contributed by atoms with van der Waals surface area (Å²) >= 11 is 0. The van der Waals surface area contributed by atoms with Crippen LogP contribution in [0.1, 0.15) is 5.56 Å². The van der Waals surface area contributed by atoms with Crippen LogP contribution < -0.4 is 4.74 Å². The predicted octanol–water partition coefficient (Wildman–Crippen LogP) is 4.68. The number of benzene rings is 2. The van der Waals surface area contributed by atoms with Gasteiger partial charge in [-0.1, -0.05) is 35.9 Å². The van der Waals surface area contributed by atoms with E-state index in [0.717, 1.165) is 39.2 Å². The number of rotatable bonds is 3. The highest BCUT2D eigenvalue weighted by molar-refractivity contribution is 5.79. The molecule has 4 rings (SSSR count). The number of hydrogen-bond donors (Lipinski definition) is 0. The van der Waals surface area contributed by atoms with Crippen molar-refractivity contribution in [2.24, 2.45) is 0 Å². The fourth-order valence-electron chi connectivity index (χ4n) is 2.83. The molecule has 0 N–H and O–H groups in total. The van der Waals surface area contributed by atoms with Crippen LogP contribution in [0.3, 0.4) is 0 Å². The Kier molecular flexibility index (Phi) is 3.86. The van der Waals surface area contributed by atoms with Crippen LogP contribution in [-0.4, -0.2) is 22.1 Å². The average molecular weight is 327 g/mol. The third-order valence-corrected chi connectivity index (χ3v) is 4.10. The van der Waals surface area contributed by atoms with Crippen molar-refractivity contribution in [3.05, 3.63) is 72.4 Å². The molecule has 0 saturated heterocycles. The van der Waals surface area contributed by atoms with Gasteiger partial charge in [0.15, 0.2) is 5.82 Å². The summed E-state index contributed by atoms with van der Waals surface area (Å²) in [6, 6.07) is 19.9. The van der Waals surface area contributed by atoms with Crippen molar-refractivity contribution in [2.75, 3.05) is 7.11 Å². The van der Waals surface area contributed by atoms with Crippen LogP contribution in [-0.2, 0) is 0 Å². The molecule has 0 aliphatic heterocycles. The number of ether oxygens (including phenoxy) is 1. The van der Waals surface area contributed by atoms with Gasteiger partial charge in [0, 0.05) is 17.1 Å². The number of nitrogens with zero attached hydrogens (tertiary/aromatic N) is 3. The summed E-state index contributed by atoms with van der Waals surface area (Å²) in [7, 11) is 1.67. The number of aromatic nitrogens is 3. The molecule has 0 aliphatic rings. The quantitative estimate of drug-likeness (QED) is 0.548. The number of fused-ring (bicyclic) bond motifs is 1. The van der Waals surface area contributed by atoms with Crippen molar-refractivity contribution in [1.82, 2.24) is 15.0 Å². The van der Waals surface area contributed by atoms with Gasteiger partial charge in [0.25, 0.3) is 0 Å². The number of aryl methyl sites for hydroxylation is 1. The highest BCUT2D eigenvalue weighted by Crippen LogP contribution is 2.30. The van der Waals surface area contributed by atoms with Crippen LogP contribution in [0.4, 0.5) is 0 Å². The second-order valence-electron chi connectivity index (χ2n) is 5.86. The van der Waals surface area contributed by atoms with Gasteiger partial charge in [0.2, 0.25) is 0 Å². The molecule has 122 valence electrons. The Balaban J connectivity index is 1.82. The van der Waals surface area contributed by atoms with Crippen molar-refractivity contribution in [2.45, 2.75) is 6.92 Å². The van der Waals surface area contributed by atoms with E-state index in [1.54, 1.807) is 7.11 Å². The molecule has 0 aliphatic carbocycles. The highest BCUT2D eigenvalue weighted by Gasteiger charge is 2.10. The topological polar surface area (TPSA) is 47.9 Å². The first-order chi connectivity index (χ1) is 12.2. The minimum absolute atomic E-state index is 0.618. The Morgan fingerprint density at radius 1 is 0.840 bits per heavy atom. The van der Waals surface area contributed by atoms with Gasteiger partial charge in [-0.3, -0.25) is 0 Å². The first-order valence-corrected chi connectivity index (χ1v) is 8.09. The van der Waals surface area contributed by atoms with Crippen molar-refractivity contribution < 1.29 is 4.74 Å². The zero-order valence-electron chi connectivity index (χ0n) is 14.1. The molecule has 2 heterocycles. The maximum absolute atomic E-state index is 5.49. The maximum atomic E-state index is 5.49. The number of pyridine rings is 1. The van der Waals surface area contributed by atoms with Gasteiger partial charge in [-0.2, -0.15) is 0 Å². The molecule has 2 aromatic carbocycles. The van der Waals surface area contributed by atoms with Crippen LogP contribution in [0.2, 0.25) is 0 Å². The standard InChI is InChI=1S/C21H17N3O/c1-14-10-11-20(25-2)16(12-14)18-8-5-9-19(23-18)21-22-13-15-6-3-4-7-17(15)24-21/h3-13H,1-2H3. The smallest absolute Gasteiger partial charge is 0.178 e. The minimum atomic E-state index is 0.618. The monoisotopic (exact) mass is 327 g/mol. The predicted molar refractivity (Wildman–Crippen MR) is 99.5 cm³/mol. The van der Waals surface area contributed by atoms with E-state index in [9.17, 15) is 0 Å². The normalized spacial score (nSPS) is 10.8. The van der Waals surface area contributed by atoms with Gasteiger partial charge >= 0.3 is 0 Å². The van der Waals surface area contributed by atoms with Gasteiger partial charge in [0.05, 0.1) is 18.3 Å². The summed E-state index contributed by atoms with van der Waals surface area (Å²) in [6.45, 7) is 2.05. The molecule has 0 fully saturated rings. The molecule has 0 saturated carbocycles. The lowest BCUT2D eigenvalue weighted by Gasteiger charge is -2.10. The molecule has 0 bridgehead atoms. The van der Waals surface area contributed by atoms with Crippen LogP contribution in [0.15, 0.2) is 66.9 Å². The Labute approximate surface area is 146 Å². The molecule has 25 heavy (non-hydrogen) atoms. The van der Waals surface area contributed by atoms with E-state index in [2.05, 4.69) is 23.0 Å². The summed E-state index contributed by atoms with van der Waals surface area (Å²) in [4.78, 5) is 13.9. The molecule has 0 unspecified atom stereocenters. The molecule has 0 amide bonds. The van der Waals surface area contributed by atoms with Gasteiger partial charge in [-0.25, -0.2) is 15.0 Å². The molecule has 0 radical (unpaired) electrons. The maximum Gasteiger partial charge on any atom is 0.178 e. The van der Waals surface area contributed by atoms with Gasteiger partial charge in [-0.05, 0) is 37.3 Å². The number of methoxy groups -OCH3 is 1. The summed E-state index contributed by atoms with van der Waals surface area (Å²) < 4.78 is 5.49. The third-order valence-electron chi connectivity index (χ3n) is 4.10. The second-order valence-corrected chi connectivity index (χ2v) is 5.86. The number of hydrogen-bond acceptors (Lipinski definition) is 4. The lowest BCUT2D eigenvalue weighted by molar-refractivity contribution is 0.416. The first-order valence-electron chi connectivity index (χ1n) is 8.09. The van der Waals surface area contributed by atoms with E-state index in [4.69, 9.17) is 9.72 Å². The largest absolute Gasteiger partial charge is 0.496 e. The molecule has 0 atom stereocenters. The van der Waals surface area contributed by atoms with E-state index in [0.29, 0.717) is 5.82 Å². The Morgan fingerprint density at radius 3 is 2.56 bits per heavy atom. The molecule has 0 spiro atoms. The minimum Gasteiger partial charge on any atom is -0.496 e. The van der Waals surface area contributed by atoms with E-state index >= 15 is 0 Å². The van der Waals surface area contributed by atoms with Crippen molar-refractivity contribution in [3.63, 3.8) is 0 Å². The van der Waals surface area contributed by atoms with Crippen molar-refractivity contribution in [3.8, 4) is 28.5 Å². The zero-order valence-corrected chi connectivity index (χ0v) is 14.1. The van der Waals surface area contributed by atoms with Crippen LogP contribution >= 0.6 is 0 Å². The Hall–Kier alpha value is -3.27. The third kappa shape index (κ3) is 2.94. The van der Waals surface area contributed by atoms with E-state index < -0.39 is 0 Å². The lowest BCUT2D eigenvalue weighted by atomic mass is 10.1. The Morgan fingerprint density at radius 2 is 1.68 bits per heavy atom. The SMILES string of the molecule is COc1ccc(C)cc1-c1cccc(-c2ncc3ccccc3n2)n1. The fourth-order valence-corrected chi connectivity index (χ4v) is 2.83. The summed E-state index contributed by atoms with van der Waals surface area (Å²) in [6.07, 6.45) is 1.83. The fraction of sp³-hybridized carbons (Fsp3) is 0.0952. The van der Waals surface area contributed by atoms with Gasteiger partial charge < -0.3 is 4.74 Å². The summed E-state index contributed by atoms with van der Waals surface area (Å²) in [5.41, 5.74) is 4.62. The molecule has 2 aromatic heterocycles. The Bertz CT molecular complexity index is 1060. The second kappa shape index (κ2) is 6.32. The first kappa shape index (κ1) is 15.3. The van der Waals surface area contributed by atoms with Crippen molar-refractivity contribution in [1.29, 1.82) is 0 Å². The van der Waals surface area contributed by atoms with Crippen LogP contribution in [0, 0.1) is 6.92 Å². The molecule has 4 aromatic rings. The van der Waals surface area contributed by atoms with E-state index in [1.807, 2.05) is 60.8 Å². The molecule has 4 heteroatoms. The van der Waals surface area contributed by atoms with Crippen LogP contribution in [0.25, 0.3) is 33.7 Å². The molecular weight excluding hydrogens is 310 g/mol. The lowest BCUT2D eigenvalue weighted by Crippen LogP contribution is -1.95. The molecular formula is C21H17N3O. The summed E-state index contributed by atoms with van der Waals surface area (Å²) in [5, 5.41) is 1.02. The highest BCUT2D eigenvalue weighted by atomic mass is 16.5. The van der Waals surface area contributed by atoms with Crippen LogP contribution in [0.5, 0.6) is 5.75 Å². The van der Waals surface area contributed by atoms with Crippen molar-refractivity contribution >= 4 is 10.9 Å². The number of para-hydroxylation sites is 1. The summed E-state index contributed by atoms with van der Waals surface area (Å²) in [5.74, 6) is 1.42.